The van der Waals surface area contributed by atoms with Gasteiger partial charge in [-0.15, -0.1) is 0 Å². The Morgan fingerprint density at radius 2 is 2.40 bits per heavy atom. The van der Waals surface area contributed by atoms with Crippen LogP contribution in [0.3, 0.4) is 0 Å². The van der Waals surface area contributed by atoms with Crippen LogP contribution in [0.25, 0.3) is 0 Å². The number of amides is 1. The minimum Gasteiger partial charge on any atom is -0.497 e. The molecular formula is C14H21N3O3. The highest BCUT2D eigenvalue weighted by Gasteiger charge is 2.23. The van der Waals surface area contributed by atoms with Crippen molar-refractivity contribution in [2.45, 2.75) is 6.42 Å². The molecule has 0 bridgehead atoms. The maximum Gasteiger partial charge on any atom is 0.238 e. The Morgan fingerprint density at radius 1 is 1.60 bits per heavy atom. The summed E-state index contributed by atoms with van der Waals surface area (Å²) < 4.78 is 5.06. The fraction of sp³-hybridized carbons (Fsp3) is 0.500. The fourth-order valence-corrected chi connectivity index (χ4v) is 2.38. The number of nitrogens with one attached hydrogen (secondary N) is 1. The van der Waals surface area contributed by atoms with E-state index >= 15 is 0 Å². The smallest absolute Gasteiger partial charge is 0.238 e. The van der Waals surface area contributed by atoms with E-state index in [0.29, 0.717) is 23.7 Å². The molecule has 1 aromatic rings. The second kappa shape index (κ2) is 6.58. The number of ether oxygens (including phenoxy) is 1. The van der Waals surface area contributed by atoms with Crippen molar-refractivity contribution in [3.8, 4) is 5.75 Å². The molecule has 0 spiro atoms. The Bertz CT molecular complexity index is 479. The highest BCUT2D eigenvalue weighted by molar-refractivity contribution is 5.95. The van der Waals surface area contributed by atoms with Crippen LogP contribution >= 0.6 is 0 Å². The van der Waals surface area contributed by atoms with Gasteiger partial charge < -0.3 is 20.9 Å². The highest BCUT2D eigenvalue weighted by atomic mass is 16.5. The van der Waals surface area contributed by atoms with Gasteiger partial charge >= 0.3 is 0 Å². The largest absolute Gasteiger partial charge is 0.497 e. The first-order valence-electron chi connectivity index (χ1n) is 6.69. The van der Waals surface area contributed by atoms with E-state index in [0.717, 1.165) is 19.5 Å². The quantitative estimate of drug-likeness (QED) is 0.684. The zero-order valence-corrected chi connectivity index (χ0v) is 11.6. The number of rotatable bonds is 5. The number of nitrogen functional groups attached to an aromatic ring is 1. The molecule has 1 aliphatic heterocycles. The van der Waals surface area contributed by atoms with Gasteiger partial charge in [0, 0.05) is 19.2 Å². The summed E-state index contributed by atoms with van der Waals surface area (Å²) >= 11 is 0. The summed E-state index contributed by atoms with van der Waals surface area (Å²) in [6.07, 6.45) is 0.939. The van der Waals surface area contributed by atoms with E-state index in [9.17, 15) is 4.79 Å². The summed E-state index contributed by atoms with van der Waals surface area (Å²) in [6.45, 7) is 2.12. The predicted octanol–water partition coefficient (Wildman–Crippen LogP) is 0.530. The SMILES string of the molecule is COc1ccc(NC(=O)CN2CCC(CO)C2)c(N)c1. The van der Waals surface area contributed by atoms with Crippen LogP contribution in [0.5, 0.6) is 5.75 Å². The number of carbonyl (C=O) groups is 1. The Labute approximate surface area is 118 Å². The topological polar surface area (TPSA) is 87.8 Å². The second-order valence-corrected chi connectivity index (χ2v) is 5.07. The Morgan fingerprint density at radius 3 is 3.00 bits per heavy atom. The molecule has 6 heteroatoms. The van der Waals surface area contributed by atoms with Crippen LogP contribution in [0.2, 0.25) is 0 Å². The molecule has 1 amide bonds. The molecule has 1 heterocycles. The third-order valence-electron chi connectivity index (χ3n) is 3.53. The monoisotopic (exact) mass is 279 g/mol. The first kappa shape index (κ1) is 14.6. The molecular weight excluding hydrogens is 258 g/mol. The van der Waals surface area contributed by atoms with Crippen molar-refractivity contribution in [1.29, 1.82) is 0 Å². The van der Waals surface area contributed by atoms with Gasteiger partial charge in [-0.1, -0.05) is 0 Å². The molecule has 1 aliphatic rings. The summed E-state index contributed by atoms with van der Waals surface area (Å²) in [6, 6.07) is 5.16. The van der Waals surface area contributed by atoms with E-state index in [1.54, 1.807) is 25.3 Å². The number of benzene rings is 1. The lowest BCUT2D eigenvalue weighted by molar-refractivity contribution is -0.117. The van der Waals surface area contributed by atoms with Crippen molar-refractivity contribution in [1.82, 2.24) is 4.90 Å². The number of carbonyl (C=O) groups excluding carboxylic acids is 1. The number of hydrogen-bond donors (Lipinski definition) is 3. The van der Waals surface area contributed by atoms with Crippen LogP contribution in [0.15, 0.2) is 18.2 Å². The summed E-state index contributed by atoms with van der Waals surface area (Å²) in [4.78, 5) is 14.0. The number of anilines is 2. The molecule has 0 aliphatic carbocycles. The predicted molar refractivity (Wildman–Crippen MR) is 77.7 cm³/mol. The zero-order chi connectivity index (χ0) is 14.5. The molecule has 2 rings (SSSR count). The van der Waals surface area contributed by atoms with E-state index in [-0.39, 0.29) is 18.4 Å². The van der Waals surface area contributed by atoms with E-state index in [1.165, 1.54) is 0 Å². The lowest BCUT2D eigenvalue weighted by Crippen LogP contribution is -2.32. The van der Waals surface area contributed by atoms with E-state index in [1.807, 2.05) is 4.90 Å². The average Bonchev–Trinajstić information content (AvgIpc) is 2.88. The Balaban J connectivity index is 1.88. The molecule has 1 atom stereocenters. The third-order valence-corrected chi connectivity index (χ3v) is 3.53. The number of aliphatic hydroxyl groups is 1. The van der Waals surface area contributed by atoms with Crippen molar-refractivity contribution in [3.05, 3.63) is 18.2 Å². The molecule has 1 unspecified atom stereocenters. The first-order valence-corrected chi connectivity index (χ1v) is 6.69. The molecule has 4 N–H and O–H groups in total. The number of nitrogens with zero attached hydrogens (tertiary/aromatic N) is 1. The molecule has 6 nitrogen and oxygen atoms in total. The van der Waals surface area contributed by atoms with Crippen molar-refractivity contribution in [2.75, 3.05) is 44.4 Å². The van der Waals surface area contributed by atoms with E-state index < -0.39 is 0 Å². The molecule has 1 fully saturated rings. The second-order valence-electron chi connectivity index (χ2n) is 5.07. The Kier molecular flexibility index (Phi) is 4.81. The van der Waals surface area contributed by atoms with Crippen LogP contribution in [0.1, 0.15) is 6.42 Å². The maximum atomic E-state index is 12.0. The van der Waals surface area contributed by atoms with Crippen molar-refractivity contribution in [3.63, 3.8) is 0 Å². The van der Waals surface area contributed by atoms with Crippen molar-refractivity contribution >= 4 is 17.3 Å². The highest BCUT2D eigenvalue weighted by Crippen LogP contribution is 2.24. The lowest BCUT2D eigenvalue weighted by atomic mass is 10.1. The molecule has 1 aromatic carbocycles. The van der Waals surface area contributed by atoms with Gasteiger partial charge in [-0.3, -0.25) is 9.69 Å². The normalized spacial score (nSPS) is 19.0. The van der Waals surface area contributed by atoms with E-state index in [2.05, 4.69) is 5.32 Å². The molecule has 0 radical (unpaired) electrons. The van der Waals surface area contributed by atoms with Gasteiger partial charge in [-0.2, -0.15) is 0 Å². The van der Waals surface area contributed by atoms with Crippen LogP contribution in [-0.4, -0.2) is 49.3 Å². The molecule has 110 valence electrons. The number of likely N-dealkylation sites (tertiary alicyclic amines) is 1. The van der Waals surface area contributed by atoms with E-state index in [4.69, 9.17) is 15.6 Å². The molecule has 0 saturated carbocycles. The van der Waals surface area contributed by atoms with Gasteiger partial charge in [0.15, 0.2) is 0 Å². The van der Waals surface area contributed by atoms with Crippen molar-refractivity contribution in [2.24, 2.45) is 5.92 Å². The maximum absolute atomic E-state index is 12.0. The summed E-state index contributed by atoms with van der Waals surface area (Å²) in [7, 11) is 1.57. The van der Waals surface area contributed by atoms with Gasteiger partial charge in [0.05, 0.1) is 25.0 Å². The minimum absolute atomic E-state index is 0.0968. The van der Waals surface area contributed by atoms with Gasteiger partial charge in [-0.05, 0) is 31.0 Å². The Hall–Kier alpha value is -1.79. The summed E-state index contributed by atoms with van der Waals surface area (Å²) in [5.41, 5.74) is 6.93. The number of methoxy groups -OCH3 is 1. The first-order chi connectivity index (χ1) is 9.62. The molecule has 20 heavy (non-hydrogen) atoms. The van der Waals surface area contributed by atoms with Gasteiger partial charge in [-0.25, -0.2) is 0 Å². The fourth-order valence-electron chi connectivity index (χ4n) is 2.38. The summed E-state index contributed by atoms with van der Waals surface area (Å²) in [5.74, 6) is 0.847. The van der Waals surface area contributed by atoms with Crippen LogP contribution < -0.4 is 15.8 Å². The zero-order valence-electron chi connectivity index (χ0n) is 11.6. The van der Waals surface area contributed by atoms with Crippen LogP contribution in [0.4, 0.5) is 11.4 Å². The van der Waals surface area contributed by atoms with Gasteiger partial charge in [0.25, 0.3) is 0 Å². The lowest BCUT2D eigenvalue weighted by Gasteiger charge is -2.16. The average molecular weight is 279 g/mol. The molecule has 1 saturated heterocycles. The van der Waals surface area contributed by atoms with Gasteiger partial charge in [0.1, 0.15) is 5.75 Å². The van der Waals surface area contributed by atoms with Gasteiger partial charge in [0.2, 0.25) is 5.91 Å². The van der Waals surface area contributed by atoms with Crippen molar-refractivity contribution < 1.29 is 14.6 Å². The number of aliphatic hydroxyl groups excluding tert-OH is 1. The van der Waals surface area contributed by atoms with Crippen LogP contribution in [0, 0.1) is 5.92 Å². The third kappa shape index (κ3) is 3.61. The number of nitrogens with two attached hydrogens (primary N) is 1. The standard InChI is InChI=1S/C14H21N3O3/c1-20-11-2-3-13(12(15)6-11)16-14(19)8-17-5-4-10(7-17)9-18/h2-3,6,10,18H,4-5,7-9,15H2,1H3,(H,16,19). The number of hydrogen-bond acceptors (Lipinski definition) is 5. The molecule has 0 aromatic heterocycles. The summed E-state index contributed by atoms with van der Waals surface area (Å²) in [5, 5.41) is 11.9. The van der Waals surface area contributed by atoms with Crippen LogP contribution in [-0.2, 0) is 4.79 Å². The minimum atomic E-state index is -0.0968.